The van der Waals surface area contributed by atoms with Crippen LogP contribution < -0.4 is 5.32 Å². The number of hydrogen-bond donors (Lipinski definition) is 2. The van der Waals surface area contributed by atoms with Gasteiger partial charge in [0.05, 0.1) is 6.20 Å². The van der Waals surface area contributed by atoms with Crippen molar-refractivity contribution in [2.75, 3.05) is 25.1 Å². The molecule has 3 rings (SSSR count). The molecule has 7 heteroatoms. The number of aliphatic hydroxyl groups excluding tert-OH is 1. The average molecular weight is 305 g/mol. The summed E-state index contributed by atoms with van der Waals surface area (Å²) in [6, 6.07) is 0. The number of aliphatic hydroxyl groups is 1. The zero-order valence-electron chi connectivity index (χ0n) is 12.9. The first-order chi connectivity index (χ1) is 10.8. The van der Waals surface area contributed by atoms with E-state index in [2.05, 4.69) is 20.3 Å². The highest BCUT2D eigenvalue weighted by Gasteiger charge is 2.22. The molecule has 0 aliphatic carbocycles. The number of fused-ring (bicyclic) bond motifs is 1. The Hall–Kier alpha value is -1.73. The van der Waals surface area contributed by atoms with Crippen molar-refractivity contribution in [3.8, 4) is 0 Å². The molecule has 1 aliphatic rings. The van der Waals surface area contributed by atoms with Gasteiger partial charge in [0.25, 0.3) is 0 Å². The Labute approximate surface area is 129 Å². The van der Waals surface area contributed by atoms with Crippen molar-refractivity contribution in [3.63, 3.8) is 0 Å². The SMILES string of the molecule is CC(CO)CCNc1nc2cncnc2n1C1CCCCO1. The molecule has 3 heterocycles. The molecule has 0 bridgehead atoms. The van der Waals surface area contributed by atoms with Crippen LogP contribution in [0.3, 0.4) is 0 Å². The molecule has 0 amide bonds. The Morgan fingerprint density at radius 1 is 1.50 bits per heavy atom. The van der Waals surface area contributed by atoms with Gasteiger partial charge < -0.3 is 15.2 Å². The molecule has 120 valence electrons. The van der Waals surface area contributed by atoms with Crippen LogP contribution in [0.25, 0.3) is 11.2 Å². The second-order valence-electron chi connectivity index (χ2n) is 5.86. The van der Waals surface area contributed by atoms with Crippen LogP contribution in [0.2, 0.25) is 0 Å². The molecule has 0 saturated carbocycles. The normalized spacial score (nSPS) is 20.2. The highest BCUT2D eigenvalue weighted by Crippen LogP contribution is 2.29. The molecule has 2 aromatic rings. The Morgan fingerprint density at radius 3 is 3.18 bits per heavy atom. The van der Waals surface area contributed by atoms with Crippen LogP contribution in [0.1, 0.15) is 38.8 Å². The number of aromatic nitrogens is 4. The third-order valence-electron chi connectivity index (χ3n) is 4.03. The number of hydrogen-bond acceptors (Lipinski definition) is 6. The molecule has 22 heavy (non-hydrogen) atoms. The van der Waals surface area contributed by atoms with Crippen molar-refractivity contribution in [1.82, 2.24) is 19.5 Å². The molecule has 0 aromatic carbocycles. The van der Waals surface area contributed by atoms with Gasteiger partial charge in [-0.05, 0) is 31.6 Å². The van der Waals surface area contributed by atoms with E-state index in [1.54, 1.807) is 12.5 Å². The minimum absolute atomic E-state index is 0.0218. The zero-order chi connectivity index (χ0) is 15.4. The monoisotopic (exact) mass is 305 g/mol. The van der Waals surface area contributed by atoms with E-state index in [-0.39, 0.29) is 18.8 Å². The van der Waals surface area contributed by atoms with Crippen LogP contribution >= 0.6 is 0 Å². The first kappa shape index (κ1) is 15.2. The maximum Gasteiger partial charge on any atom is 0.207 e. The highest BCUT2D eigenvalue weighted by molar-refractivity contribution is 5.73. The van der Waals surface area contributed by atoms with Crippen LogP contribution in [-0.2, 0) is 4.74 Å². The van der Waals surface area contributed by atoms with Crippen molar-refractivity contribution in [2.45, 2.75) is 38.8 Å². The van der Waals surface area contributed by atoms with Gasteiger partial charge >= 0.3 is 0 Å². The molecule has 1 fully saturated rings. The van der Waals surface area contributed by atoms with Crippen LogP contribution in [0.15, 0.2) is 12.5 Å². The van der Waals surface area contributed by atoms with Crippen LogP contribution in [-0.4, -0.2) is 44.4 Å². The van der Waals surface area contributed by atoms with E-state index in [1.807, 2.05) is 11.5 Å². The summed E-state index contributed by atoms with van der Waals surface area (Å²) in [5.41, 5.74) is 1.58. The van der Waals surface area contributed by atoms with Gasteiger partial charge in [-0.1, -0.05) is 6.92 Å². The third kappa shape index (κ3) is 3.20. The summed E-state index contributed by atoms with van der Waals surface area (Å²) >= 11 is 0. The van der Waals surface area contributed by atoms with Crippen molar-refractivity contribution in [3.05, 3.63) is 12.5 Å². The fraction of sp³-hybridized carbons (Fsp3) is 0.667. The van der Waals surface area contributed by atoms with Crippen molar-refractivity contribution in [2.24, 2.45) is 5.92 Å². The van der Waals surface area contributed by atoms with E-state index in [4.69, 9.17) is 9.84 Å². The maximum atomic E-state index is 9.12. The maximum absolute atomic E-state index is 9.12. The lowest BCUT2D eigenvalue weighted by Crippen LogP contribution is -2.21. The van der Waals surface area contributed by atoms with E-state index in [9.17, 15) is 0 Å². The summed E-state index contributed by atoms with van der Waals surface area (Å²) in [5, 5.41) is 12.5. The van der Waals surface area contributed by atoms with Gasteiger partial charge in [-0.25, -0.2) is 15.0 Å². The van der Waals surface area contributed by atoms with Crippen LogP contribution in [0.4, 0.5) is 5.95 Å². The van der Waals surface area contributed by atoms with Gasteiger partial charge in [0, 0.05) is 19.8 Å². The number of nitrogens with one attached hydrogen (secondary N) is 1. The molecule has 1 aliphatic heterocycles. The summed E-state index contributed by atoms with van der Waals surface area (Å²) in [6.07, 6.45) is 7.36. The van der Waals surface area contributed by atoms with E-state index < -0.39 is 0 Å². The lowest BCUT2D eigenvalue weighted by atomic mass is 10.1. The minimum Gasteiger partial charge on any atom is -0.396 e. The van der Waals surface area contributed by atoms with Crippen molar-refractivity contribution < 1.29 is 9.84 Å². The predicted octanol–water partition coefficient (Wildman–Crippen LogP) is 1.96. The largest absolute Gasteiger partial charge is 0.396 e. The van der Waals surface area contributed by atoms with E-state index in [1.165, 1.54) is 0 Å². The topological polar surface area (TPSA) is 85.1 Å². The summed E-state index contributed by atoms with van der Waals surface area (Å²) < 4.78 is 7.94. The average Bonchev–Trinajstić information content (AvgIpc) is 2.93. The van der Waals surface area contributed by atoms with Gasteiger partial charge in [-0.15, -0.1) is 0 Å². The quantitative estimate of drug-likeness (QED) is 0.848. The molecule has 2 unspecified atom stereocenters. The molecule has 2 N–H and O–H groups in total. The van der Waals surface area contributed by atoms with Crippen molar-refractivity contribution >= 4 is 17.1 Å². The van der Waals surface area contributed by atoms with Gasteiger partial charge in [0.15, 0.2) is 5.65 Å². The Balaban J connectivity index is 1.84. The van der Waals surface area contributed by atoms with Gasteiger partial charge in [0.2, 0.25) is 5.95 Å². The van der Waals surface area contributed by atoms with E-state index >= 15 is 0 Å². The van der Waals surface area contributed by atoms with Gasteiger partial charge in [0.1, 0.15) is 18.1 Å². The molecular weight excluding hydrogens is 282 g/mol. The highest BCUT2D eigenvalue weighted by atomic mass is 16.5. The molecule has 0 spiro atoms. The van der Waals surface area contributed by atoms with Gasteiger partial charge in [-0.3, -0.25) is 4.57 Å². The van der Waals surface area contributed by atoms with Crippen molar-refractivity contribution in [1.29, 1.82) is 0 Å². The molecule has 2 aromatic heterocycles. The molecule has 0 radical (unpaired) electrons. The lowest BCUT2D eigenvalue weighted by Gasteiger charge is -2.25. The Morgan fingerprint density at radius 2 is 2.41 bits per heavy atom. The number of rotatable bonds is 6. The summed E-state index contributed by atoms with van der Waals surface area (Å²) in [4.78, 5) is 13.0. The van der Waals surface area contributed by atoms with Crippen LogP contribution in [0.5, 0.6) is 0 Å². The summed E-state index contributed by atoms with van der Waals surface area (Å²) in [6.45, 7) is 3.76. The number of anilines is 1. The standard InChI is InChI=1S/C15H23N5O2/c1-11(9-21)5-6-17-15-19-12-8-16-10-18-14(12)20(15)13-4-2-3-7-22-13/h8,10-11,13,21H,2-7,9H2,1H3,(H,17,19). The third-order valence-corrected chi connectivity index (χ3v) is 4.03. The lowest BCUT2D eigenvalue weighted by molar-refractivity contribution is -0.0285. The molecule has 7 nitrogen and oxygen atoms in total. The number of nitrogens with zero attached hydrogens (tertiary/aromatic N) is 4. The first-order valence-electron chi connectivity index (χ1n) is 7.94. The fourth-order valence-electron chi connectivity index (χ4n) is 2.70. The second kappa shape index (κ2) is 7.02. The minimum atomic E-state index is -0.0218. The van der Waals surface area contributed by atoms with E-state index in [0.29, 0.717) is 0 Å². The zero-order valence-corrected chi connectivity index (χ0v) is 12.9. The number of imidazole rings is 1. The Bertz CT molecular complexity index is 609. The molecule has 1 saturated heterocycles. The first-order valence-corrected chi connectivity index (χ1v) is 7.94. The summed E-state index contributed by atoms with van der Waals surface area (Å²) in [7, 11) is 0. The number of ether oxygens (including phenoxy) is 1. The molecule has 2 atom stereocenters. The van der Waals surface area contributed by atoms with Crippen LogP contribution in [0, 0.1) is 5.92 Å². The predicted molar refractivity (Wildman–Crippen MR) is 83.5 cm³/mol. The second-order valence-corrected chi connectivity index (χ2v) is 5.86. The van der Waals surface area contributed by atoms with Gasteiger partial charge in [-0.2, -0.15) is 0 Å². The smallest absolute Gasteiger partial charge is 0.207 e. The fourth-order valence-corrected chi connectivity index (χ4v) is 2.70. The summed E-state index contributed by atoms with van der Waals surface area (Å²) in [5.74, 6) is 1.04. The Kier molecular flexibility index (Phi) is 4.84. The molecular formula is C15H23N5O2. The van der Waals surface area contributed by atoms with E-state index in [0.717, 1.165) is 55.9 Å².